The Hall–Kier alpha value is -1.55. The summed E-state index contributed by atoms with van der Waals surface area (Å²) in [6.45, 7) is 0.787. The van der Waals surface area contributed by atoms with Gasteiger partial charge in [-0.25, -0.2) is 0 Å². The number of carbonyl (C=O) groups excluding carboxylic acids is 1. The molecular formula is C20H28N2O2. The monoisotopic (exact) mass is 328 g/mol. The van der Waals surface area contributed by atoms with Gasteiger partial charge in [-0.3, -0.25) is 4.79 Å². The zero-order valence-electron chi connectivity index (χ0n) is 14.4. The highest BCUT2D eigenvalue weighted by Gasteiger charge is 2.34. The van der Waals surface area contributed by atoms with Crippen LogP contribution < -0.4 is 15.4 Å². The summed E-state index contributed by atoms with van der Waals surface area (Å²) in [4.78, 5) is 12.6. The minimum atomic E-state index is 0.0588. The molecule has 1 aromatic rings. The van der Waals surface area contributed by atoms with Gasteiger partial charge >= 0.3 is 0 Å². The molecule has 2 fully saturated rings. The first-order valence-corrected chi connectivity index (χ1v) is 9.62. The van der Waals surface area contributed by atoms with Crippen LogP contribution in [-0.2, 0) is 6.42 Å². The first-order valence-electron chi connectivity index (χ1n) is 9.62. The SMILES string of the molecule is O=C(N[C@@H]1CC[C@@H]1NC1CCCCC1)c1ccc2c(c1)CCCO2. The Labute approximate surface area is 144 Å². The molecule has 0 saturated heterocycles. The molecule has 2 aliphatic carbocycles. The number of fused-ring (bicyclic) bond motifs is 1. The standard InChI is InChI=1S/C20H28N2O2/c23-20(15-8-11-19-14(13-15)5-4-12-24-19)22-18-10-9-17(18)21-16-6-2-1-3-7-16/h8,11,13,16-18,21H,1-7,9-10,12H2,(H,22,23)/t17-,18+/m0/s1. The van der Waals surface area contributed by atoms with Crippen LogP contribution >= 0.6 is 0 Å². The maximum absolute atomic E-state index is 12.6. The van der Waals surface area contributed by atoms with Crippen molar-refractivity contribution in [1.29, 1.82) is 0 Å². The van der Waals surface area contributed by atoms with Crippen molar-refractivity contribution in [2.75, 3.05) is 6.61 Å². The van der Waals surface area contributed by atoms with Crippen LogP contribution in [0.15, 0.2) is 18.2 Å². The van der Waals surface area contributed by atoms with Crippen molar-refractivity contribution in [1.82, 2.24) is 10.6 Å². The summed E-state index contributed by atoms with van der Waals surface area (Å²) in [5, 5.41) is 7.01. The number of ether oxygens (including phenoxy) is 1. The van der Waals surface area contributed by atoms with Crippen LogP contribution in [0, 0.1) is 0 Å². The molecule has 0 spiro atoms. The first-order chi connectivity index (χ1) is 11.8. The van der Waals surface area contributed by atoms with E-state index in [4.69, 9.17) is 4.74 Å². The van der Waals surface area contributed by atoms with E-state index in [1.54, 1.807) is 0 Å². The maximum atomic E-state index is 12.6. The zero-order valence-corrected chi connectivity index (χ0v) is 14.4. The second kappa shape index (κ2) is 7.14. The van der Waals surface area contributed by atoms with E-state index in [1.807, 2.05) is 18.2 Å². The van der Waals surface area contributed by atoms with Gasteiger partial charge in [-0.15, -0.1) is 0 Å². The average molecular weight is 328 g/mol. The highest BCUT2D eigenvalue weighted by atomic mass is 16.5. The van der Waals surface area contributed by atoms with Crippen LogP contribution in [0.25, 0.3) is 0 Å². The molecule has 0 bridgehead atoms. The number of rotatable bonds is 4. The second-order valence-corrected chi connectivity index (χ2v) is 7.54. The molecule has 0 aromatic heterocycles. The fourth-order valence-electron chi connectivity index (χ4n) is 4.20. The number of hydrogen-bond donors (Lipinski definition) is 2. The molecule has 1 aliphatic heterocycles. The van der Waals surface area contributed by atoms with Crippen molar-refractivity contribution in [3.05, 3.63) is 29.3 Å². The van der Waals surface area contributed by atoms with Crippen LogP contribution in [0.3, 0.4) is 0 Å². The predicted octanol–water partition coefficient (Wildman–Crippen LogP) is 3.19. The molecule has 2 saturated carbocycles. The third-order valence-corrected chi connectivity index (χ3v) is 5.82. The molecule has 130 valence electrons. The number of carbonyl (C=O) groups is 1. The van der Waals surface area contributed by atoms with E-state index in [0.29, 0.717) is 12.1 Å². The lowest BCUT2D eigenvalue weighted by Gasteiger charge is -2.41. The number of aryl methyl sites for hydroxylation is 1. The molecule has 1 heterocycles. The van der Waals surface area contributed by atoms with E-state index < -0.39 is 0 Å². The average Bonchev–Trinajstić information content (AvgIpc) is 2.63. The van der Waals surface area contributed by atoms with Crippen molar-refractivity contribution < 1.29 is 9.53 Å². The van der Waals surface area contributed by atoms with Gasteiger partial charge in [0.1, 0.15) is 5.75 Å². The normalized spacial score (nSPS) is 26.8. The number of amides is 1. The van der Waals surface area contributed by atoms with Crippen molar-refractivity contribution in [2.45, 2.75) is 75.9 Å². The van der Waals surface area contributed by atoms with Crippen molar-refractivity contribution >= 4 is 5.91 Å². The van der Waals surface area contributed by atoms with Crippen LogP contribution in [0.4, 0.5) is 0 Å². The summed E-state index contributed by atoms with van der Waals surface area (Å²) in [7, 11) is 0. The Bertz CT molecular complexity index is 595. The smallest absolute Gasteiger partial charge is 0.251 e. The summed E-state index contributed by atoms with van der Waals surface area (Å²) in [5.41, 5.74) is 1.93. The number of hydrogen-bond acceptors (Lipinski definition) is 3. The third kappa shape index (κ3) is 3.44. The molecule has 0 unspecified atom stereocenters. The summed E-state index contributed by atoms with van der Waals surface area (Å²) >= 11 is 0. The minimum Gasteiger partial charge on any atom is -0.493 e. The summed E-state index contributed by atoms with van der Waals surface area (Å²) in [5.74, 6) is 1.00. The minimum absolute atomic E-state index is 0.0588. The molecule has 4 rings (SSSR count). The molecule has 4 nitrogen and oxygen atoms in total. The van der Waals surface area contributed by atoms with Gasteiger partial charge in [0, 0.05) is 23.7 Å². The van der Waals surface area contributed by atoms with Crippen molar-refractivity contribution in [3.63, 3.8) is 0 Å². The van der Waals surface area contributed by atoms with E-state index in [0.717, 1.165) is 37.2 Å². The molecule has 1 amide bonds. The van der Waals surface area contributed by atoms with Gasteiger partial charge in [-0.1, -0.05) is 19.3 Å². The first kappa shape index (κ1) is 15.9. The topological polar surface area (TPSA) is 50.4 Å². The van der Waals surface area contributed by atoms with E-state index in [-0.39, 0.29) is 11.9 Å². The second-order valence-electron chi connectivity index (χ2n) is 7.54. The number of nitrogens with one attached hydrogen (secondary N) is 2. The van der Waals surface area contributed by atoms with Crippen LogP contribution in [-0.4, -0.2) is 30.6 Å². The molecule has 4 heteroatoms. The van der Waals surface area contributed by atoms with E-state index in [9.17, 15) is 4.79 Å². The van der Waals surface area contributed by atoms with Crippen molar-refractivity contribution in [2.24, 2.45) is 0 Å². The Morgan fingerprint density at radius 1 is 1.00 bits per heavy atom. The predicted molar refractivity (Wildman–Crippen MR) is 94.5 cm³/mol. The quantitative estimate of drug-likeness (QED) is 0.892. The fourth-order valence-corrected chi connectivity index (χ4v) is 4.20. The molecular weight excluding hydrogens is 300 g/mol. The molecule has 2 N–H and O–H groups in total. The van der Waals surface area contributed by atoms with Crippen LogP contribution in [0.2, 0.25) is 0 Å². The largest absolute Gasteiger partial charge is 0.493 e. The maximum Gasteiger partial charge on any atom is 0.251 e. The summed E-state index contributed by atoms with van der Waals surface area (Å²) < 4.78 is 5.63. The Morgan fingerprint density at radius 2 is 1.83 bits per heavy atom. The lowest BCUT2D eigenvalue weighted by molar-refractivity contribution is 0.0885. The van der Waals surface area contributed by atoms with Gasteiger partial charge in [0.15, 0.2) is 0 Å². The van der Waals surface area contributed by atoms with Gasteiger partial charge in [-0.2, -0.15) is 0 Å². The van der Waals surface area contributed by atoms with Crippen molar-refractivity contribution in [3.8, 4) is 5.75 Å². The number of benzene rings is 1. The lowest BCUT2D eigenvalue weighted by Crippen LogP contribution is -2.59. The molecule has 1 aromatic carbocycles. The van der Waals surface area contributed by atoms with E-state index >= 15 is 0 Å². The van der Waals surface area contributed by atoms with Crippen LogP contribution in [0.1, 0.15) is 67.3 Å². The van der Waals surface area contributed by atoms with Crippen LogP contribution in [0.5, 0.6) is 5.75 Å². The van der Waals surface area contributed by atoms with Gasteiger partial charge in [0.25, 0.3) is 5.91 Å². The van der Waals surface area contributed by atoms with Gasteiger partial charge < -0.3 is 15.4 Å². The molecule has 3 aliphatic rings. The van der Waals surface area contributed by atoms with Gasteiger partial charge in [0.2, 0.25) is 0 Å². The zero-order chi connectivity index (χ0) is 16.4. The van der Waals surface area contributed by atoms with E-state index in [1.165, 1.54) is 44.1 Å². The molecule has 24 heavy (non-hydrogen) atoms. The Kier molecular flexibility index (Phi) is 4.74. The fraction of sp³-hybridized carbons (Fsp3) is 0.650. The molecule has 2 atom stereocenters. The van der Waals surface area contributed by atoms with Gasteiger partial charge in [0.05, 0.1) is 6.61 Å². The summed E-state index contributed by atoms with van der Waals surface area (Å²) in [6, 6.07) is 7.24. The Morgan fingerprint density at radius 3 is 2.62 bits per heavy atom. The third-order valence-electron chi connectivity index (χ3n) is 5.82. The highest BCUT2D eigenvalue weighted by Crippen LogP contribution is 2.27. The van der Waals surface area contributed by atoms with E-state index in [2.05, 4.69) is 10.6 Å². The lowest BCUT2D eigenvalue weighted by atomic mass is 9.84. The van der Waals surface area contributed by atoms with Gasteiger partial charge in [-0.05, 0) is 62.3 Å². The highest BCUT2D eigenvalue weighted by molar-refractivity contribution is 5.95. The Balaban J connectivity index is 1.34. The molecule has 0 radical (unpaired) electrons. The summed E-state index contributed by atoms with van der Waals surface area (Å²) in [6.07, 6.45) is 11.0.